The van der Waals surface area contributed by atoms with E-state index in [1.54, 1.807) is 0 Å². The van der Waals surface area contributed by atoms with Gasteiger partial charge < -0.3 is 9.47 Å². The van der Waals surface area contributed by atoms with Crippen molar-refractivity contribution in [2.24, 2.45) is 0 Å². The summed E-state index contributed by atoms with van der Waals surface area (Å²) in [6.07, 6.45) is 6.55. The van der Waals surface area contributed by atoms with Crippen LogP contribution in [0.2, 0.25) is 0 Å². The molecule has 1 saturated carbocycles. The Hall–Kier alpha value is -7.94. The van der Waals surface area contributed by atoms with Crippen molar-refractivity contribution in [1.29, 1.82) is 0 Å². The molecule has 318 valence electrons. The number of benzene rings is 10. The summed E-state index contributed by atoms with van der Waals surface area (Å²) in [5.41, 5.74) is 21.1. The maximum Gasteiger partial charge on any atom is 0.0726 e. The van der Waals surface area contributed by atoms with Crippen LogP contribution in [0.5, 0.6) is 0 Å². The number of anilines is 3. The van der Waals surface area contributed by atoms with Crippen LogP contribution in [0, 0.1) is 0 Å². The highest BCUT2D eigenvalue weighted by Gasteiger charge is 2.50. The van der Waals surface area contributed by atoms with Crippen LogP contribution in [0.25, 0.3) is 71.6 Å². The molecule has 0 aliphatic heterocycles. The van der Waals surface area contributed by atoms with Crippen molar-refractivity contribution >= 4 is 49.6 Å². The van der Waals surface area contributed by atoms with Crippen LogP contribution in [0.4, 0.5) is 17.1 Å². The number of rotatable bonds is 6. The molecule has 0 N–H and O–H groups in total. The summed E-state index contributed by atoms with van der Waals surface area (Å²) in [6, 6.07) is 84.8. The van der Waals surface area contributed by atoms with E-state index in [0.717, 1.165) is 22.7 Å². The quantitative estimate of drug-likeness (QED) is 0.162. The molecule has 1 atom stereocenters. The normalized spacial score (nSPS) is 16.1. The van der Waals surface area contributed by atoms with Crippen LogP contribution in [0.15, 0.2) is 224 Å². The second-order valence-electron chi connectivity index (χ2n) is 19.0. The predicted molar refractivity (Wildman–Crippen MR) is 281 cm³/mol. The zero-order valence-corrected chi connectivity index (χ0v) is 37.4. The highest BCUT2D eigenvalue weighted by Crippen LogP contribution is 2.63. The van der Waals surface area contributed by atoms with E-state index in [1.165, 1.54) is 126 Å². The van der Waals surface area contributed by atoms with Crippen molar-refractivity contribution in [1.82, 2.24) is 4.57 Å². The van der Waals surface area contributed by atoms with Gasteiger partial charge in [-0.1, -0.05) is 189 Å². The molecule has 1 aromatic heterocycles. The van der Waals surface area contributed by atoms with E-state index in [1.807, 2.05) is 0 Å². The highest BCUT2D eigenvalue weighted by molar-refractivity contribution is 6.11. The molecule has 10 aromatic carbocycles. The van der Waals surface area contributed by atoms with E-state index >= 15 is 0 Å². The standard InChI is InChI=1S/C65H48N2/c1-4-16-43(17-5-1)45-30-33-49(34-31-45)66(51-36-38-55-54-25-11-13-29-62(54)67(63(55)42-51)48-22-8-3-9-23-48)50-35-37-53-52-24-10-12-27-58(52)65(61(53)41-50)59-39-32-47(44-18-6-2-7-19-44)40-57(59)56-26-14-20-46-21-15-28-60(65)64(46)56/h1,3-5,8-17,20-42,44H,2,6-7,18-19H2. The number of hydrogen-bond acceptors (Lipinski definition) is 1. The molecular weight excluding hydrogens is 809 g/mol. The third-order valence-corrected chi connectivity index (χ3v) is 15.6. The zero-order chi connectivity index (χ0) is 44.1. The minimum absolute atomic E-state index is 0.525. The maximum atomic E-state index is 2.60. The summed E-state index contributed by atoms with van der Waals surface area (Å²) in [7, 11) is 0. The fourth-order valence-corrected chi connectivity index (χ4v) is 12.6. The average molecular weight is 857 g/mol. The molecule has 11 aromatic rings. The van der Waals surface area contributed by atoms with Crippen LogP contribution in [0.3, 0.4) is 0 Å². The minimum atomic E-state index is -0.525. The SMILES string of the molecule is c1ccc(-c2ccc(N(c3ccc4c(c3)C3(c5ccccc5-4)c4ccc(C5CCCCC5)cc4-c4cccc5cccc3c45)c3ccc4c5ccccc5n(-c5ccccc5)c4c3)cc2)cc1. The Kier molecular flexibility index (Phi) is 8.61. The summed E-state index contributed by atoms with van der Waals surface area (Å²) in [5.74, 6) is 0.612. The smallest absolute Gasteiger partial charge is 0.0726 e. The number of aromatic nitrogens is 1. The van der Waals surface area contributed by atoms with Crippen molar-refractivity contribution in [2.75, 3.05) is 4.90 Å². The van der Waals surface area contributed by atoms with Crippen molar-refractivity contribution in [3.63, 3.8) is 0 Å². The van der Waals surface area contributed by atoms with Crippen LogP contribution in [0.1, 0.15) is 65.8 Å². The van der Waals surface area contributed by atoms with E-state index in [0.29, 0.717) is 5.92 Å². The molecule has 1 fully saturated rings. The van der Waals surface area contributed by atoms with Crippen molar-refractivity contribution in [3.8, 4) is 39.1 Å². The van der Waals surface area contributed by atoms with Gasteiger partial charge in [0.1, 0.15) is 0 Å². The Morgan fingerprint density at radius 2 is 1.01 bits per heavy atom. The van der Waals surface area contributed by atoms with Gasteiger partial charge in [0, 0.05) is 33.5 Å². The van der Waals surface area contributed by atoms with Crippen molar-refractivity contribution in [2.45, 2.75) is 43.4 Å². The van der Waals surface area contributed by atoms with E-state index < -0.39 is 5.41 Å². The summed E-state index contributed by atoms with van der Waals surface area (Å²) >= 11 is 0. The topological polar surface area (TPSA) is 8.17 Å². The molecule has 14 rings (SSSR count). The van der Waals surface area contributed by atoms with Gasteiger partial charge in [0.2, 0.25) is 0 Å². The lowest BCUT2D eigenvalue weighted by Crippen LogP contribution is -2.32. The van der Waals surface area contributed by atoms with Gasteiger partial charge >= 0.3 is 0 Å². The molecule has 0 radical (unpaired) electrons. The predicted octanol–water partition coefficient (Wildman–Crippen LogP) is 17.5. The first kappa shape index (κ1) is 38.3. The molecule has 3 aliphatic carbocycles. The molecule has 1 unspecified atom stereocenters. The molecule has 0 saturated heterocycles. The molecule has 67 heavy (non-hydrogen) atoms. The summed E-state index contributed by atoms with van der Waals surface area (Å²) < 4.78 is 2.43. The lowest BCUT2D eigenvalue weighted by molar-refractivity contribution is 0.443. The van der Waals surface area contributed by atoms with Crippen molar-refractivity contribution < 1.29 is 0 Å². The Balaban J connectivity index is 1.03. The largest absolute Gasteiger partial charge is 0.310 e. The minimum Gasteiger partial charge on any atom is -0.310 e. The Labute approximate surface area is 392 Å². The fraction of sp³-hybridized carbons (Fsp3) is 0.108. The number of nitrogens with zero attached hydrogens (tertiary/aromatic N) is 2. The van der Waals surface area contributed by atoms with Gasteiger partial charge in [0.15, 0.2) is 0 Å². The summed E-state index contributed by atoms with van der Waals surface area (Å²) in [4.78, 5) is 2.49. The highest BCUT2D eigenvalue weighted by atomic mass is 15.1. The first-order valence-corrected chi connectivity index (χ1v) is 24.2. The van der Waals surface area contributed by atoms with E-state index in [4.69, 9.17) is 0 Å². The first-order valence-electron chi connectivity index (χ1n) is 24.2. The molecule has 1 heterocycles. The number of hydrogen-bond donors (Lipinski definition) is 0. The van der Waals surface area contributed by atoms with Crippen LogP contribution in [-0.2, 0) is 5.41 Å². The second kappa shape index (κ2) is 15.1. The second-order valence-corrected chi connectivity index (χ2v) is 19.0. The Morgan fingerprint density at radius 3 is 1.87 bits per heavy atom. The Bertz CT molecular complexity index is 3720. The maximum absolute atomic E-state index is 2.60. The lowest BCUT2D eigenvalue weighted by Gasteiger charge is -2.41. The van der Waals surface area contributed by atoms with E-state index in [9.17, 15) is 0 Å². The van der Waals surface area contributed by atoms with Gasteiger partial charge in [-0.15, -0.1) is 0 Å². The molecule has 0 bridgehead atoms. The molecule has 2 heteroatoms. The summed E-state index contributed by atoms with van der Waals surface area (Å²) in [6.45, 7) is 0. The van der Waals surface area contributed by atoms with Gasteiger partial charge in [-0.05, 0) is 145 Å². The molecule has 2 nitrogen and oxygen atoms in total. The molecule has 0 amide bonds. The monoisotopic (exact) mass is 856 g/mol. The van der Waals surface area contributed by atoms with Crippen LogP contribution >= 0.6 is 0 Å². The van der Waals surface area contributed by atoms with Crippen molar-refractivity contribution in [3.05, 3.63) is 252 Å². The van der Waals surface area contributed by atoms with Crippen LogP contribution < -0.4 is 4.90 Å². The van der Waals surface area contributed by atoms with Gasteiger partial charge in [-0.3, -0.25) is 0 Å². The lowest BCUT2D eigenvalue weighted by atomic mass is 9.61. The van der Waals surface area contributed by atoms with Gasteiger partial charge in [0.05, 0.1) is 16.4 Å². The van der Waals surface area contributed by atoms with Gasteiger partial charge in [-0.25, -0.2) is 0 Å². The fourth-order valence-electron chi connectivity index (χ4n) is 12.6. The first-order chi connectivity index (χ1) is 33.2. The molecule has 1 spiro atoms. The van der Waals surface area contributed by atoms with Gasteiger partial charge in [-0.2, -0.15) is 0 Å². The summed E-state index contributed by atoms with van der Waals surface area (Å²) in [5, 5.41) is 5.16. The Morgan fingerprint density at radius 1 is 0.388 bits per heavy atom. The number of fused-ring (bicyclic) bond motifs is 12. The van der Waals surface area contributed by atoms with Gasteiger partial charge in [0.25, 0.3) is 0 Å². The van der Waals surface area contributed by atoms with E-state index in [-0.39, 0.29) is 0 Å². The third-order valence-electron chi connectivity index (χ3n) is 15.6. The van der Waals surface area contributed by atoms with E-state index in [2.05, 4.69) is 234 Å². The number of para-hydroxylation sites is 2. The molecule has 3 aliphatic rings. The third kappa shape index (κ3) is 5.69. The molecular formula is C65H48N2. The van der Waals surface area contributed by atoms with Crippen LogP contribution in [-0.4, -0.2) is 4.57 Å². The zero-order valence-electron chi connectivity index (χ0n) is 37.4. The average Bonchev–Trinajstić information content (AvgIpc) is 3.89.